The number of hydrogen-bond donors (Lipinski definition) is 4. The molecule has 5 aromatic rings. The first-order valence-corrected chi connectivity index (χ1v) is 17.8. The number of imidazole rings is 2. The van der Waals surface area contributed by atoms with E-state index in [2.05, 4.69) is 91.9 Å². The summed E-state index contributed by atoms with van der Waals surface area (Å²) in [5, 5.41) is 7.21. The van der Waals surface area contributed by atoms with Crippen molar-refractivity contribution in [1.29, 1.82) is 0 Å². The number of nitrogens with zero attached hydrogens (tertiary/aromatic N) is 4. The second kappa shape index (κ2) is 11.7. The van der Waals surface area contributed by atoms with Gasteiger partial charge in [-0.3, -0.25) is 0 Å². The first-order valence-electron chi connectivity index (χ1n) is 17.8. The minimum absolute atomic E-state index is 0.279. The largest absolute Gasteiger partial charge is 0.371 e. The highest BCUT2D eigenvalue weighted by Gasteiger charge is 2.36. The molecule has 4 atom stereocenters. The lowest BCUT2D eigenvalue weighted by Crippen LogP contribution is -2.30. The van der Waals surface area contributed by atoms with E-state index >= 15 is 0 Å². The van der Waals surface area contributed by atoms with Gasteiger partial charge in [0.15, 0.2) is 0 Å². The number of aromatic amines is 2. The Balaban J connectivity index is 1.09. The van der Waals surface area contributed by atoms with E-state index in [0.29, 0.717) is 12.1 Å². The van der Waals surface area contributed by atoms with Crippen LogP contribution in [-0.4, -0.2) is 46.1 Å². The van der Waals surface area contributed by atoms with Crippen molar-refractivity contribution in [2.75, 3.05) is 36.0 Å². The van der Waals surface area contributed by atoms with Crippen molar-refractivity contribution < 1.29 is 0 Å². The van der Waals surface area contributed by atoms with Crippen molar-refractivity contribution in [1.82, 2.24) is 30.6 Å². The van der Waals surface area contributed by atoms with E-state index in [1.807, 2.05) is 0 Å². The summed E-state index contributed by atoms with van der Waals surface area (Å²) in [6.45, 7) is 6.79. The van der Waals surface area contributed by atoms with E-state index in [0.717, 1.165) is 72.5 Å². The molecule has 6 heterocycles. The van der Waals surface area contributed by atoms with E-state index in [1.54, 1.807) is 0 Å². The summed E-state index contributed by atoms with van der Waals surface area (Å²) in [5.41, 5.74) is 11.2. The average Bonchev–Trinajstić information content (AvgIpc) is 3.93. The Morgan fingerprint density at radius 1 is 0.630 bits per heavy atom. The zero-order chi connectivity index (χ0) is 30.6. The van der Waals surface area contributed by atoms with Gasteiger partial charge in [-0.2, -0.15) is 0 Å². The summed E-state index contributed by atoms with van der Waals surface area (Å²) in [6.07, 6.45) is 10.9. The Kier molecular flexibility index (Phi) is 7.23. The van der Waals surface area contributed by atoms with E-state index < -0.39 is 0 Å². The van der Waals surface area contributed by atoms with Crippen molar-refractivity contribution in [3.8, 4) is 0 Å². The molecule has 0 spiro atoms. The molecule has 4 fully saturated rings. The third kappa shape index (κ3) is 5.06. The molecule has 2 aromatic heterocycles. The zero-order valence-electron chi connectivity index (χ0n) is 27.0. The molecule has 9 rings (SSSR count). The van der Waals surface area contributed by atoms with Crippen molar-refractivity contribution in [2.45, 2.75) is 88.9 Å². The third-order valence-electron chi connectivity index (χ3n) is 11.2. The maximum absolute atomic E-state index is 4.98. The number of H-pyrrole nitrogens is 2. The number of rotatable bonds is 6. The van der Waals surface area contributed by atoms with Crippen LogP contribution in [-0.2, 0) is 0 Å². The van der Waals surface area contributed by atoms with Crippen molar-refractivity contribution in [3.63, 3.8) is 0 Å². The van der Waals surface area contributed by atoms with Crippen LogP contribution in [0, 0.1) is 6.92 Å². The molecule has 8 nitrogen and oxygen atoms in total. The molecule has 46 heavy (non-hydrogen) atoms. The van der Waals surface area contributed by atoms with Crippen LogP contribution < -0.4 is 20.4 Å². The van der Waals surface area contributed by atoms with Crippen LogP contribution in [0.25, 0.3) is 22.1 Å². The minimum atomic E-state index is 0.279. The van der Waals surface area contributed by atoms with Crippen LogP contribution in [0.4, 0.5) is 11.4 Å². The van der Waals surface area contributed by atoms with Gasteiger partial charge < -0.3 is 30.4 Å². The first kappa shape index (κ1) is 28.4. The lowest BCUT2D eigenvalue weighted by atomic mass is 10.0. The lowest BCUT2D eigenvalue weighted by Gasteiger charge is -2.35. The lowest BCUT2D eigenvalue weighted by molar-refractivity contribution is 0.577. The minimum Gasteiger partial charge on any atom is -0.371 e. The summed E-state index contributed by atoms with van der Waals surface area (Å²) in [4.78, 5) is 22.6. The number of anilines is 2. The molecule has 4 aliphatic rings. The molecule has 0 unspecified atom stereocenters. The number of fused-ring (bicyclic) bond motifs is 2. The van der Waals surface area contributed by atoms with E-state index in [9.17, 15) is 0 Å². The molecular formula is C38H46N8. The van der Waals surface area contributed by atoms with E-state index in [4.69, 9.17) is 9.97 Å². The van der Waals surface area contributed by atoms with Crippen LogP contribution in [0.15, 0.2) is 54.6 Å². The number of benzene rings is 3. The van der Waals surface area contributed by atoms with Gasteiger partial charge in [0.1, 0.15) is 11.6 Å². The summed E-state index contributed by atoms with van der Waals surface area (Å²) >= 11 is 0. The number of aryl methyl sites for hydroxylation is 1. The van der Waals surface area contributed by atoms with Gasteiger partial charge in [-0.05, 0) is 137 Å². The van der Waals surface area contributed by atoms with Crippen LogP contribution in [0.1, 0.15) is 110 Å². The maximum atomic E-state index is 4.98. The molecule has 8 heteroatoms. The number of aromatic nitrogens is 4. The monoisotopic (exact) mass is 614 g/mol. The standard InChI is InChI=1S/C38H46N8/c1-24-21-27(11-14-34(24)45-19-3-2-4-20-45)46-35(25-9-12-28-32(22-25)43-37(41-28)30-7-5-17-39-30)15-16-36(46)26-10-13-29-33(23-26)44-38(42-29)31-8-6-18-40-31/h9-14,21-23,30-31,35-36,39-40H,2-8,15-20H2,1H3,(H,41,43)(H,42,44)/t30-,31-,35+,36+/m0/s1. The molecule has 4 saturated heterocycles. The van der Waals surface area contributed by atoms with Crippen LogP contribution in [0.2, 0.25) is 0 Å². The SMILES string of the molecule is Cc1cc(N2[C@@H](c3ccc4nc([C@@H]5CCCN5)[nH]c4c3)CC[C@@H]2c2ccc3nc([C@@H]4CCCN4)[nH]c3c2)ccc1N1CCCCC1. The topological polar surface area (TPSA) is 87.9 Å². The molecule has 0 aliphatic carbocycles. The summed E-state index contributed by atoms with van der Waals surface area (Å²) in [6, 6.07) is 22.3. The molecule has 4 aliphatic heterocycles. The van der Waals surface area contributed by atoms with E-state index in [1.165, 1.54) is 73.3 Å². The van der Waals surface area contributed by atoms with Gasteiger partial charge in [0.25, 0.3) is 0 Å². The Bertz CT molecular complexity index is 1750. The second-order valence-electron chi connectivity index (χ2n) is 14.1. The van der Waals surface area contributed by atoms with E-state index in [-0.39, 0.29) is 12.1 Å². The summed E-state index contributed by atoms with van der Waals surface area (Å²) in [5.74, 6) is 2.16. The van der Waals surface area contributed by atoms with Gasteiger partial charge in [0, 0.05) is 24.5 Å². The van der Waals surface area contributed by atoms with Crippen LogP contribution >= 0.6 is 0 Å². The molecule has 238 valence electrons. The van der Waals surface area contributed by atoms with Gasteiger partial charge in [0.2, 0.25) is 0 Å². The van der Waals surface area contributed by atoms with Crippen molar-refractivity contribution in [2.24, 2.45) is 0 Å². The predicted molar refractivity (Wildman–Crippen MR) is 187 cm³/mol. The predicted octanol–water partition coefficient (Wildman–Crippen LogP) is 7.67. The number of nitrogens with one attached hydrogen (secondary N) is 4. The third-order valence-corrected chi connectivity index (χ3v) is 11.2. The number of piperidine rings is 1. The number of hydrogen-bond acceptors (Lipinski definition) is 6. The normalized spacial score (nSPS) is 25.4. The molecule has 0 amide bonds. The van der Waals surface area contributed by atoms with Gasteiger partial charge in [0.05, 0.1) is 46.2 Å². The zero-order valence-corrected chi connectivity index (χ0v) is 27.0. The quantitative estimate of drug-likeness (QED) is 0.157. The highest BCUT2D eigenvalue weighted by molar-refractivity contribution is 5.78. The van der Waals surface area contributed by atoms with Crippen molar-refractivity contribution >= 4 is 33.4 Å². The average molecular weight is 615 g/mol. The highest BCUT2D eigenvalue weighted by Crippen LogP contribution is 2.48. The van der Waals surface area contributed by atoms with Gasteiger partial charge in [-0.1, -0.05) is 12.1 Å². The fourth-order valence-electron chi connectivity index (χ4n) is 8.79. The summed E-state index contributed by atoms with van der Waals surface area (Å²) < 4.78 is 0. The first-order chi connectivity index (χ1) is 22.7. The van der Waals surface area contributed by atoms with Crippen LogP contribution in [0.3, 0.4) is 0 Å². The Morgan fingerprint density at radius 2 is 1.22 bits per heavy atom. The van der Waals surface area contributed by atoms with Gasteiger partial charge in [-0.25, -0.2) is 9.97 Å². The van der Waals surface area contributed by atoms with Crippen LogP contribution in [0.5, 0.6) is 0 Å². The molecule has 4 N–H and O–H groups in total. The fraction of sp³-hybridized carbons (Fsp3) is 0.474. The fourth-order valence-corrected chi connectivity index (χ4v) is 8.79. The Hall–Kier alpha value is -3.88. The Labute approximate surface area is 271 Å². The van der Waals surface area contributed by atoms with Crippen molar-refractivity contribution in [3.05, 3.63) is 82.9 Å². The molecular weight excluding hydrogens is 568 g/mol. The van der Waals surface area contributed by atoms with Gasteiger partial charge >= 0.3 is 0 Å². The molecule has 0 radical (unpaired) electrons. The second-order valence-corrected chi connectivity index (χ2v) is 14.1. The molecule has 3 aromatic carbocycles. The highest BCUT2D eigenvalue weighted by atomic mass is 15.2. The smallest absolute Gasteiger partial charge is 0.124 e. The molecule has 0 bridgehead atoms. The van der Waals surface area contributed by atoms with Gasteiger partial charge in [-0.15, -0.1) is 0 Å². The maximum Gasteiger partial charge on any atom is 0.124 e. The molecule has 0 saturated carbocycles. The Morgan fingerprint density at radius 3 is 1.74 bits per heavy atom. The summed E-state index contributed by atoms with van der Waals surface area (Å²) in [7, 11) is 0.